The molecule has 3 aromatic heterocycles. The number of halogens is 1. The summed E-state index contributed by atoms with van der Waals surface area (Å²) >= 11 is 0. The number of hydrogen-bond acceptors (Lipinski definition) is 6. The minimum absolute atomic E-state index is 0.0875. The largest absolute Gasteiger partial charge is 0.444 e. The van der Waals surface area contributed by atoms with E-state index >= 15 is 0 Å². The van der Waals surface area contributed by atoms with Crippen LogP contribution in [0.3, 0.4) is 0 Å². The second kappa shape index (κ2) is 7.18. The molecule has 1 N–H and O–H groups in total. The number of carbonyl (C=O) groups is 1. The number of pyridine rings is 1. The fourth-order valence-electron chi connectivity index (χ4n) is 4.58. The molecular weight excluding hydrogens is 399 g/mol. The van der Waals surface area contributed by atoms with Crippen LogP contribution in [0, 0.1) is 5.82 Å². The Morgan fingerprint density at radius 2 is 1.90 bits per heavy atom. The molecule has 8 nitrogen and oxygen atoms in total. The molecule has 0 aromatic carbocycles. The van der Waals surface area contributed by atoms with Crippen molar-refractivity contribution in [3.63, 3.8) is 0 Å². The van der Waals surface area contributed by atoms with E-state index in [1.165, 1.54) is 18.6 Å². The number of amides is 1. The number of ether oxygens (including phenoxy) is 1. The van der Waals surface area contributed by atoms with Crippen LogP contribution in [0.15, 0.2) is 30.9 Å². The molecular formula is C22H25FN6O2. The minimum atomic E-state index is -0.514. The molecule has 0 saturated carbocycles. The van der Waals surface area contributed by atoms with Gasteiger partial charge in [-0.15, -0.1) is 0 Å². The number of rotatable bonds is 2. The standard InChI is InChI=1S/C22H25FN6O2/c1-22(2,3)31-21(30)29-15-4-5-16(29)11-28(10-15)20-17-7-18(27-19(17)25-12-26-20)13-6-14(23)9-24-8-13/h6-9,12,15-16H,4-5,10-11H2,1-3H3,(H,25,26,27). The number of aromatic amines is 1. The van der Waals surface area contributed by atoms with Gasteiger partial charge in [-0.25, -0.2) is 19.2 Å². The summed E-state index contributed by atoms with van der Waals surface area (Å²) in [5.74, 6) is 0.426. The van der Waals surface area contributed by atoms with E-state index in [0.29, 0.717) is 24.3 Å². The van der Waals surface area contributed by atoms with Gasteiger partial charge in [0.1, 0.15) is 29.2 Å². The molecule has 2 aliphatic heterocycles. The van der Waals surface area contributed by atoms with E-state index in [1.54, 1.807) is 6.20 Å². The maximum atomic E-state index is 13.6. The van der Waals surface area contributed by atoms with Crippen molar-refractivity contribution in [3.05, 3.63) is 36.7 Å². The third kappa shape index (κ3) is 3.68. The van der Waals surface area contributed by atoms with Gasteiger partial charge < -0.3 is 14.6 Å². The van der Waals surface area contributed by atoms with Gasteiger partial charge in [0.25, 0.3) is 0 Å². The fourth-order valence-corrected chi connectivity index (χ4v) is 4.58. The maximum Gasteiger partial charge on any atom is 0.410 e. The van der Waals surface area contributed by atoms with Gasteiger partial charge in [-0.05, 0) is 45.7 Å². The summed E-state index contributed by atoms with van der Waals surface area (Å²) in [7, 11) is 0. The first kappa shape index (κ1) is 19.7. The fraction of sp³-hybridized carbons (Fsp3) is 0.455. The summed E-state index contributed by atoms with van der Waals surface area (Å²) in [6, 6.07) is 3.54. The summed E-state index contributed by atoms with van der Waals surface area (Å²) in [5, 5.41) is 0.867. The molecule has 0 spiro atoms. The molecule has 2 unspecified atom stereocenters. The average Bonchev–Trinajstić information content (AvgIpc) is 3.25. The SMILES string of the molecule is CC(C)(C)OC(=O)N1C2CCC1CN(c1ncnc3[nH]c(-c4cncc(F)c4)cc13)C2. The van der Waals surface area contributed by atoms with E-state index in [2.05, 4.69) is 24.8 Å². The molecule has 2 saturated heterocycles. The number of piperazine rings is 1. The lowest BCUT2D eigenvalue weighted by Crippen LogP contribution is -2.57. The van der Waals surface area contributed by atoms with Crippen LogP contribution in [0.4, 0.5) is 15.0 Å². The topological polar surface area (TPSA) is 87.2 Å². The van der Waals surface area contributed by atoms with Crippen molar-refractivity contribution in [1.82, 2.24) is 24.8 Å². The van der Waals surface area contributed by atoms with Crippen LogP contribution in [0.2, 0.25) is 0 Å². The highest BCUT2D eigenvalue weighted by atomic mass is 19.1. The Balaban J connectivity index is 1.43. The summed E-state index contributed by atoms with van der Waals surface area (Å²) < 4.78 is 19.3. The molecule has 2 fully saturated rings. The van der Waals surface area contributed by atoms with E-state index in [1.807, 2.05) is 31.7 Å². The van der Waals surface area contributed by atoms with E-state index in [-0.39, 0.29) is 18.2 Å². The van der Waals surface area contributed by atoms with Crippen molar-refractivity contribution >= 4 is 22.9 Å². The molecule has 1 amide bonds. The van der Waals surface area contributed by atoms with Crippen LogP contribution in [-0.2, 0) is 4.74 Å². The molecule has 31 heavy (non-hydrogen) atoms. The third-order valence-electron chi connectivity index (χ3n) is 5.81. The predicted molar refractivity (Wildman–Crippen MR) is 114 cm³/mol. The number of carbonyl (C=O) groups excluding carboxylic acids is 1. The molecule has 9 heteroatoms. The highest BCUT2D eigenvalue weighted by molar-refractivity contribution is 5.92. The van der Waals surface area contributed by atoms with Crippen molar-refractivity contribution in [2.75, 3.05) is 18.0 Å². The lowest BCUT2D eigenvalue weighted by Gasteiger charge is -2.41. The minimum Gasteiger partial charge on any atom is -0.444 e. The summed E-state index contributed by atoms with van der Waals surface area (Å²) in [5.41, 5.74) is 1.56. The smallest absolute Gasteiger partial charge is 0.410 e. The Kier molecular flexibility index (Phi) is 4.56. The first-order chi connectivity index (χ1) is 14.8. The van der Waals surface area contributed by atoms with Crippen molar-refractivity contribution in [3.8, 4) is 11.3 Å². The zero-order valence-electron chi connectivity index (χ0n) is 17.8. The van der Waals surface area contributed by atoms with E-state index in [4.69, 9.17) is 4.74 Å². The predicted octanol–water partition coefficient (Wildman–Crippen LogP) is 3.75. The van der Waals surface area contributed by atoms with Gasteiger partial charge in [0, 0.05) is 30.5 Å². The zero-order valence-corrected chi connectivity index (χ0v) is 17.8. The van der Waals surface area contributed by atoms with Gasteiger partial charge >= 0.3 is 6.09 Å². The first-order valence-corrected chi connectivity index (χ1v) is 10.5. The lowest BCUT2D eigenvalue weighted by atomic mass is 10.1. The van der Waals surface area contributed by atoms with Gasteiger partial charge in [0.2, 0.25) is 0 Å². The lowest BCUT2D eigenvalue weighted by molar-refractivity contribution is 0.0123. The van der Waals surface area contributed by atoms with Crippen molar-refractivity contribution in [2.24, 2.45) is 0 Å². The summed E-state index contributed by atoms with van der Waals surface area (Å²) in [4.78, 5) is 32.9. The third-order valence-corrected chi connectivity index (χ3v) is 5.81. The van der Waals surface area contributed by atoms with Crippen molar-refractivity contribution < 1.29 is 13.9 Å². The van der Waals surface area contributed by atoms with Crippen LogP contribution in [0.25, 0.3) is 22.3 Å². The molecule has 3 aromatic rings. The Morgan fingerprint density at radius 1 is 1.16 bits per heavy atom. The molecule has 0 aliphatic carbocycles. The average molecular weight is 424 g/mol. The summed E-state index contributed by atoms with van der Waals surface area (Å²) in [6.07, 6.45) is 5.97. The zero-order chi connectivity index (χ0) is 21.8. The van der Waals surface area contributed by atoms with Gasteiger partial charge in [-0.1, -0.05) is 0 Å². The van der Waals surface area contributed by atoms with Crippen molar-refractivity contribution in [1.29, 1.82) is 0 Å². The molecule has 5 rings (SSSR count). The van der Waals surface area contributed by atoms with Crippen LogP contribution in [0.5, 0.6) is 0 Å². The Bertz CT molecular complexity index is 1130. The molecule has 2 aliphatic rings. The van der Waals surface area contributed by atoms with Crippen LogP contribution in [-0.4, -0.2) is 61.7 Å². The quantitative estimate of drug-likeness (QED) is 0.674. The summed E-state index contributed by atoms with van der Waals surface area (Å²) in [6.45, 7) is 7.03. The van der Waals surface area contributed by atoms with E-state index < -0.39 is 11.4 Å². The molecule has 5 heterocycles. The van der Waals surface area contributed by atoms with Crippen molar-refractivity contribution in [2.45, 2.75) is 51.3 Å². The van der Waals surface area contributed by atoms with Crippen LogP contribution in [0.1, 0.15) is 33.6 Å². The van der Waals surface area contributed by atoms with Gasteiger partial charge in [0.05, 0.1) is 23.7 Å². The Morgan fingerprint density at radius 3 is 2.58 bits per heavy atom. The van der Waals surface area contributed by atoms with Gasteiger partial charge in [-0.2, -0.15) is 0 Å². The highest BCUT2D eigenvalue weighted by Crippen LogP contribution is 2.36. The molecule has 0 radical (unpaired) electrons. The number of nitrogens with zero attached hydrogens (tertiary/aromatic N) is 5. The number of fused-ring (bicyclic) bond motifs is 3. The van der Waals surface area contributed by atoms with Crippen LogP contribution >= 0.6 is 0 Å². The Hall–Kier alpha value is -3.23. The second-order valence-electron chi connectivity index (χ2n) is 9.21. The van der Waals surface area contributed by atoms with Crippen LogP contribution < -0.4 is 4.90 Å². The second-order valence-corrected chi connectivity index (χ2v) is 9.21. The number of nitrogens with one attached hydrogen (secondary N) is 1. The normalized spacial score (nSPS) is 21.0. The molecule has 162 valence electrons. The number of hydrogen-bond donors (Lipinski definition) is 1. The van der Waals surface area contributed by atoms with E-state index in [9.17, 15) is 9.18 Å². The highest BCUT2D eigenvalue weighted by Gasteiger charge is 2.44. The molecule has 2 atom stereocenters. The monoisotopic (exact) mass is 424 g/mol. The number of aromatic nitrogens is 4. The Labute approximate surface area is 179 Å². The molecule has 2 bridgehead atoms. The number of anilines is 1. The van der Waals surface area contributed by atoms with Gasteiger partial charge in [0.15, 0.2) is 0 Å². The van der Waals surface area contributed by atoms with Gasteiger partial charge in [-0.3, -0.25) is 9.88 Å². The maximum absolute atomic E-state index is 13.6. The first-order valence-electron chi connectivity index (χ1n) is 10.5. The number of H-pyrrole nitrogens is 1. The van der Waals surface area contributed by atoms with E-state index in [0.717, 1.165) is 29.7 Å².